The van der Waals surface area contributed by atoms with Crippen molar-refractivity contribution < 1.29 is 9.59 Å². The molecular weight excluding hydrogens is 392 g/mol. The van der Waals surface area contributed by atoms with Gasteiger partial charge in [-0.2, -0.15) is 0 Å². The molecule has 5 aliphatic rings. The van der Waals surface area contributed by atoms with Gasteiger partial charge in [-0.3, -0.25) is 9.59 Å². The van der Waals surface area contributed by atoms with Crippen LogP contribution in [0.15, 0.2) is 23.8 Å². The van der Waals surface area contributed by atoms with Crippen molar-refractivity contribution in [3.05, 3.63) is 23.8 Å². The molecule has 1 unspecified atom stereocenters. The lowest BCUT2D eigenvalue weighted by molar-refractivity contribution is -0.168. The predicted molar refractivity (Wildman–Crippen MR) is 130 cm³/mol. The van der Waals surface area contributed by atoms with Gasteiger partial charge in [0.25, 0.3) is 0 Å². The molecule has 0 aromatic rings. The van der Waals surface area contributed by atoms with Gasteiger partial charge in [-0.25, -0.2) is 0 Å². The Labute approximate surface area is 195 Å². The number of hydrogen-bond donors (Lipinski definition) is 0. The van der Waals surface area contributed by atoms with E-state index in [2.05, 4.69) is 67.5 Å². The maximum Gasteiger partial charge on any atom is 0.161 e. The Balaban J connectivity index is 1.66. The van der Waals surface area contributed by atoms with Gasteiger partial charge in [-0.15, -0.1) is 0 Å². The molecule has 5 aliphatic carbocycles. The van der Waals surface area contributed by atoms with E-state index < -0.39 is 0 Å². The number of ketones is 2. The highest BCUT2D eigenvalue weighted by Gasteiger charge is 2.68. The maximum absolute atomic E-state index is 14.1. The Bertz CT molecular complexity index is 950. The van der Waals surface area contributed by atoms with Crippen LogP contribution in [0.1, 0.15) is 100 Å². The van der Waals surface area contributed by atoms with Gasteiger partial charge < -0.3 is 0 Å². The average molecular weight is 437 g/mol. The zero-order valence-electron chi connectivity index (χ0n) is 21.7. The molecule has 0 bridgehead atoms. The molecule has 0 amide bonds. The Morgan fingerprint density at radius 3 is 2.19 bits per heavy atom. The summed E-state index contributed by atoms with van der Waals surface area (Å²) < 4.78 is 0. The third-order valence-corrected chi connectivity index (χ3v) is 12.1. The summed E-state index contributed by atoms with van der Waals surface area (Å²) in [5.74, 6) is 1.52. The van der Waals surface area contributed by atoms with Crippen molar-refractivity contribution in [3.63, 3.8) is 0 Å². The van der Waals surface area contributed by atoms with Crippen LogP contribution in [0.2, 0.25) is 0 Å². The van der Waals surface area contributed by atoms with Crippen LogP contribution in [0.4, 0.5) is 0 Å². The molecule has 3 saturated carbocycles. The maximum atomic E-state index is 14.1. The summed E-state index contributed by atoms with van der Waals surface area (Å²) in [6.07, 6.45) is 14.4. The van der Waals surface area contributed by atoms with Gasteiger partial charge in [0, 0.05) is 16.7 Å². The topological polar surface area (TPSA) is 34.1 Å². The number of rotatable bonds is 0. The minimum Gasteiger partial charge on any atom is -0.295 e. The molecule has 0 aliphatic heterocycles. The zero-order valence-corrected chi connectivity index (χ0v) is 21.7. The summed E-state index contributed by atoms with van der Waals surface area (Å²) in [4.78, 5) is 26.9. The van der Waals surface area contributed by atoms with Crippen LogP contribution in [-0.2, 0) is 9.59 Å². The molecule has 0 aromatic heterocycles. The van der Waals surface area contributed by atoms with Gasteiger partial charge in [0.1, 0.15) is 0 Å². The standard InChI is InChI=1S/C30H44O2/c1-25(2)13-14-27(5)15-16-30(8)24(19(27)18-25)20(31)17-22-28(6)11-10-23(32)26(3,4)21(28)9-12-29(22,30)7/h10-11,17,19,21,24H,9,12-16,18H2,1-8H3/t19-,21?,24-,27+,28-,29+,30+/m0/s1. The predicted octanol–water partition coefficient (Wildman–Crippen LogP) is 7.33. The first-order valence-corrected chi connectivity index (χ1v) is 13.1. The third-order valence-electron chi connectivity index (χ3n) is 12.1. The molecule has 32 heavy (non-hydrogen) atoms. The van der Waals surface area contributed by atoms with Crippen LogP contribution in [-0.4, -0.2) is 11.6 Å². The van der Waals surface area contributed by atoms with E-state index in [4.69, 9.17) is 0 Å². The first-order chi connectivity index (χ1) is 14.6. The second-order valence-electron chi connectivity index (χ2n) is 14.6. The Hall–Kier alpha value is -1.18. The number of fused-ring (bicyclic) bond motifs is 7. The SMILES string of the molecule is CC1(C)CC[C@]2(C)CC[C@]3(C)[C@H](C(=O)C=C4[C@@]5(C)C=CC(=O)C(C)(C)C5CC[C@]43C)[C@@H]2C1. The van der Waals surface area contributed by atoms with Crippen molar-refractivity contribution >= 4 is 11.6 Å². The molecule has 7 atom stereocenters. The number of allylic oxidation sites excluding steroid dienone is 4. The van der Waals surface area contributed by atoms with E-state index in [1.54, 1.807) is 0 Å². The zero-order chi connectivity index (χ0) is 23.5. The summed E-state index contributed by atoms with van der Waals surface area (Å²) in [7, 11) is 0. The van der Waals surface area contributed by atoms with E-state index in [-0.39, 0.29) is 39.3 Å². The fourth-order valence-electron chi connectivity index (χ4n) is 9.60. The average Bonchev–Trinajstić information content (AvgIpc) is 2.68. The highest BCUT2D eigenvalue weighted by Crippen LogP contribution is 2.74. The van der Waals surface area contributed by atoms with Gasteiger partial charge in [0.15, 0.2) is 11.6 Å². The number of carbonyl (C=O) groups excluding carboxylic acids is 2. The van der Waals surface area contributed by atoms with Crippen LogP contribution >= 0.6 is 0 Å². The lowest BCUT2D eigenvalue weighted by Gasteiger charge is -2.69. The molecule has 0 saturated heterocycles. The second-order valence-corrected chi connectivity index (χ2v) is 14.6. The van der Waals surface area contributed by atoms with Crippen LogP contribution in [0, 0.1) is 50.2 Å². The molecule has 0 radical (unpaired) electrons. The van der Waals surface area contributed by atoms with E-state index >= 15 is 0 Å². The van der Waals surface area contributed by atoms with Crippen molar-refractivity contribution in [2.45, 2.75) is 100 Å². The summed E-state index contributed by atoms with van der Waals surface area (Å²) in [6, 6.07) is 0. The minimum absolute atomic E-state index is 0.000811. The van der Waals surface area contributed by atoms with Crippen molar-refractivity contribution in [1.29, 1.82) is 0 Å². The fraction of sp³-hybridized carbons (Fsp3) is 0.800. The van der Waals surface area contributed by atoms with E-state index in [1.807, 2.05) is 6.08 Å². The summed E-state index contributed by atoms with van der Waals surface area (Å²) in [5, 5.41) is 0. The molecule has 0 heterocycles. The highest BCUT2D eigenvalue weighted by atomic mass is 16.1. The van der Waals surface area contributed by atoms with Gasteiger partial charge in [0.2, 0.25) is 0 Å². The van der Waals surface area contributed by atoms with Gasteiger partial charge >= 0.3 is 0 Å². The van der Waals surface area contributed by atoms with Crippen molar-refractivity contribution in [2.24, 2.45) is 50.2 Å². The molecule has 2 nitrogen and oxygen atoms in total. The Morgan fingerprint density at radius 1 is 0.844 bits per heavy atom. The summed E-state index contributed by atoms with van der Waals surface area (Å²) in [6.45, 7) is 18.8. The molecule has 5 rings (SSSR count). The first-order valence-electron chi connectivity index (χ1n) is 13.1. The van der Waals surface area contributed by atoms with Gasteiger partial charge in [-0.05, 0) is 90.6 Å². The van der Waals surface area contributed by atoms with Crippen LogP contribution in [0.5, 0.6) is 0 Å². The normalized spacial score (nSPS) is 51.1. The monoisotopic (exact) mass is 436 g/mol. The number of hydrogen-bond acceptors (Lipinski definition) is 2. The molecule has 0 N–H and O–H groups in total. The Morgan fingerprint density at radius 2 is 1.50 bits per heavy atom. The minimum atomic E-state index is -0.370. The van der Waals surface area contributed by atoms with Gasteiger partial charge in [-0.1, -0.05) is 67.0 Å². The fourth-order valence-corrected chi connectivity index (χ4v) is 9.60. The molecule has 2 heteroatoms. The first kappa shape index (κ1) is 22.6. The highest BCUT2D eigenvalue weighted by molar-refractivity contribution is 5.98. The smallest absolute Gasteiger partial charge is 0.161 e. The van der Waals surface area contributed by atoms with E-state index in [0.717, 1.165) is 19.3 Å². The van der Waals surface area contributed by atoms with E-state index in [0.29, 0.717) is 22.5 Å². The third kappa shape index (κ3) is 2.59. The van der Waals surface area contributed by atoms with E-state index in [9.17, 15) is 9.59 Å². The van der Waals surface area contributed by atoms with E-state index in [1.165, 1.54) is 31.3 Å². The largest absolute Gasteiger partial charge is 0.295 e. The lowest BCUT2D eigenvalue weighted by atomic mass is 9.34. The molecule has 176 valence electrons. The molecule has 0 spiro atoms. The summed E-state index contributed by atoms with van der Waals surface area (Å²) in [5.41, 5.74) is 1.40. The summed E-state index contributed by atoms with van der Waals surface area (Å²) >= 11 is 0. The second kappa shape index (κ2) is 6.28. The van der Waals surface area contributed by atoms with Crippen LogP contribution < -0.4 is 0 Å². The molecule has 3 fully saturated rings. The lowest BCUT2D eigenvalue weighted by Crippen LogP contribution is -2.64. The molecule has 0 aromatic carbocycles. The molecular formula is C30H44O2. The van der Waals surface area contributed by atoms with Crippen molar-refractivity contribution in [3.8, 4) is 0 Å². The van der Waals surface area contributed by atoms with Crippen LogP contribution in [0.25, 0.3) is 0 Å². The van der Waals surface area contributed by atoms with Gasteiger partial charge in [0.05, 0.1) is 0 Å². The van der Waals surface area contributed by atoms with Crippen molar-refractivity contribution in [2.75, 3.05) is 0 Å². The van der Waals surface area contributed by atoms with Crippen molar-refractivity contribution in [1.82, 2.24) is 0 Å². The number of carbonyl (C=O) groups is 2. The van der Waals surface area contributed by atoms with Crippen LogP contribution in [0.3, 0.4) is 0 Å². The Kier molecular flexibility index (Phi) is 4.43. The quantitative estimate of drug-likeness (QED) is 0.398.